The fourth-order valence-corrected chi connectivity index (χ4v) is 3.15. The number of nitrogens with zero attached hydrogens (tertiary/aromatic N) is 1. The first kappa shape index (κ1) is 21.2. The van der Waals surface area contributed by atoms with Crippen LogP contribution in [0.3, 0.4) is 0 Å². The number of carbonyl (C=O) groups is 2. The number of nitrogens with one attached hydrogen (secondary N) is 1. The van der Waals surface area contributed by atoms with E-state index in [1.54, 1.807) is 49.4 Å². The Labute approximate surface area is 184 Å². The zero-order chi connectivity index (χ0) is 22.5. The number of amides is 1. The number of carbonyl (C=O) groups excluding carboxylic acids is 2. The second-order valence-electron chi connectivity index (χ2n) is 7.07. The zero-order valence-corrected chi connectivity index (χ0v) is 17.7. The molecule has 0 fully saturated rings. The van der Waals surface area contributed by atoms with Crippen LogP contribution in [0, 0.1) is 13.8 Å². The third-order valence-corrected chi connectivity index (χ3v) is 4.82. The molecule has 9 heteroatoms. The van der Waals surface area contributed by atoms with E-state index >= 15 is 0 Å². The normalized spacial score (nSPS) is 12.2. The second kappa shape index (κ2) is 9.42. The predicted molar refractivity (Wildman–Crippen MR) is 113 cm³/mol. The highest BCUT2D eigenvalue weighted by Gasteiger charge is 2.18. The van der Waals surface area contributed by atoms with Gasteiger partial charge in [-0.3, -0.25) is 4.79 Å². The Kier molecular flexibility index (Phi) is 6.25. The quantitative estimate of drug-likeness (QED) is 0.559. The van der Waals surface area contributed by atoms with E-state index in [2.05, 4.69) is 10.5 Å². The topological polar surface area (TPSA) is 109 Å². The molecule has 0 radical (unpaired) electrons. The highest BCUT2D eigenvalue weighted by molar-refractivity contribution is 5.96. The Morgan fingerprint density at radius 1 is 1.06 bits per heavy atom. The number of ether oxygens (including phenoxy) is 4. The Hall–Kier alpha value is -4.01. The van der Waals surface area contributed by atoms with Gasteiger partial charge in [-0.25, -0.2) is 4.79 Å². The minimum atomic E-state index is -0.670. The largest absolute Gasteiger partial charge is 0.488 e. The number of hydrogen-bond donors (Lipinski definition) is 1. The number of rotatable bonds is 7. The van der Waals surface area contributed by atoms with Gasteiger partial charge in [0, 0.05) is 11.8 Å². The maximum absolute atomic E-state index is 12.6. The lowest BCUT2D eigenvalue weighted by molar-refractivity contribution is -0.119. The van der Waals surface area contributed by atoms with Crippen molar-refractivity contribution < 1.29 is 33.1 Å². The molecule has 1 aliphatic rings. The molecular formula is C23H22N2O7. The molecule has 0 spiro atoms. The molecule has 0 unspecified atom stereocenters. The van der Waals surface area contributed by atoms with Crippen LogP contribution < -0.4 is 19.5 Å². The van der Waals surface area contributed by atoms with Gasteiger partial charge < -0.3 is 28.8 Å². The van der Waals surface area contributed by atoms with Crippen LogP contribution in [0.25, 0.3) is 0 Å². The third-order valence-electron chi connectivity index (χ3n) is 4.82. The highest BCUT2D eigenvalue weighted by Crippen LogP contribution is 2.32. The van der Waals surface area contributed by atoms with Crippen molar-refractivity contribution in [3.63, 3.8) is 0 Å². The van der Waals surface area contributed by atoms with Crippen molar-refractivity contribution in [2.24, 2.45) is 0 Å². The van der Waals surface area contributed by atoms with Crippen molar-refractivity contribution >= 4 is 17.6 Å². The molecule has 2 aromatic carbocycles. The summed E-state index contributed by atoms with van der Waals surface area (Å²) >= 11 is 0. The van der Waals surface area contributed by atoms with E-state index in [4.69, 9.17) is 23.5 Å². The molecule has 0 saturated heterocycles. The van der Waals surface area contributed by atoms with Gasteiger partial charge in [0.05, 0.1) is 11.3 Å². The summed E-state index contributed by atoms with van der Waals surface area (Å²) in [4.78, 5) is 24.8. The number of benzene rings is 2. The maximum atomic E-state index is 12.6. The van der Waals surface area contributed by atoms with E-state index in [1.807, 2.05) is 6.92 Å². The number of para-hydroxylation sites is 1. The lowest BCUT2D eigenvalue weighted by Gasteiger charge is -2.19. The third kappa shape index (κ3) is 4.83. The van der Waals surface area contributed by atoms with Gasteiger partial charge in [0.25, 0.3) is 5.91 Å². The van der Waals surface area contributed by atoms with E-state index in [-0.39, 0.29) is 12.2 Å². The summed E-state index contributed by atoms with van der Waals surface area (Å²) in [5, 5.41) is 6.56. The lowest BCUT2D eigenvalue weighted by Crippen LogP contribution is -2.21. The lowest BCUT2D eigenvalue weighted by atomic mass is 10.2. The Bertz CT molecular complexity index is 1120. The molecule has 2 heterocycles. The van der Waals surface area contributed by atoms with E-state index in [1.165, 1.54) is 0 Å². The molecule has 0 atom stereocenters. The summed E-state index contributed by atoms with van der Waals surface area (Å²) in [5.74, 6) is 1.01. The molecule has 0 bridgehead atoms. The minimum absolute atomic E-state index is 0.191. The van der Waals surface area contributed by atoms with Gasteiger partial charge in [-0.2, -0.15) is 0 Å². The van der Waals surface area contributed by atoms with Crippen LogP contribution in [-0.2, 0) is 16.1 Å². The van der Waals surface area contributed by atoms with Crippen LogP contribution in [0.2, 0.25) is 0 Å². The van der Waals surface area contributed by atoms with Crippen LogP contribution in [0.5, 0.6) is 17.2 Å². The summed E-state index contributed by atoms with van der Waals surface area (Å²) in [7, 11) is 0. The Morgan fingerprint density at radius 2 is 1.84 bits per heavy atom. The summed E-state index contributed by atoms with van der Waals surface area (Å²) in [6.45, 7) is 4.27. The molecule has 32 heavy (non-hydrogen) atoms. The van der Waals surface area contributed by atoms with Crippen LogP contribution in [0.15, 0.2) is 47.0 Å². The van der Waals surface area contributed by atoms with E-state index in [0.717, 1.165) is 11.3 Å². The molecule has 1 aromatic heterocycles. The van der Waals surface area contributed by atoms with Crippen molar-refractivity contribution in [1.82, 2.24) is 5.16 Å². The van der Waals surface area contributed by atoms with Crippen LogP contribution in [-0.4, -0.2) is 36.9 Å². The molecule has 166 valence electrons. The van der Waals surface area contributed by atoms with Crippen molar-refractivity contribution in [3.05, 3.63) is 65.0 Å². The number of aryl methyl sites for hydroxylation is 2. The van der Waals surface area contributed by atoms with Crippen molar-refractivity contribution in [2.45, 2.75) is 20.5 Å². The van der Waals surface area contributed by atoms with Gasteiger partial charge >= 0.3 is 5.97 Å². The van der Waals surface area contributed by atoms with Crippen LogP contribution >= 0.6 is 0 Å². The van der Waals surface area contributed by atoms with E-state index < -0.39 is 18.5 Å². The summed E-state index contributed by atoms with van der Waals surface area (Å²) in [6.07, 6.45) is 0. The van der Waals surface area contributed by atoms with Crippen molar-refractivity contribution in [3.8, 4) is 17.2 Å². The average molecular weight is 438 g/mol. The number of anilines is 1. The van der Waals surface area contributed by atoms with Crippen LogP contribution in [0.4, 0.5) is 5.69 Å². The number of aromatic nitrogens is 1. The predicted octanol–water partition coefficient (Wildman–Crippen LogP) is 3.44. The second-order valence-corrected chi connectivity index (χ2v) is 7.07. The summed E-state index contributed by atoms with van der Waals surface area (Å²) in [5.41, 5.74) is 2.26. The van der Waals surface area contributed by atoms with Gasteiger partial charge in [0.2, 0.25) is 0 Å². The summed E-state index contributed by atoms with van der Waals surface area (Å²) in [6, 6.07) is 11.7. The molecule has 0 saturated carbocycles. The molecule has 3 aromatic rings. The molecule has 1 amide bonds. The van der Waals surface area contributed by atoms with Gasteiger partial charge in [0.1, 0.15) is 36.9 Å². The summed E-state index contributed by atoms with van der Waals surface area (Å²) < 4.78 is 27.0. The Balaban J connectivity index is 1.34. The highest BCUT2D eigenvalue weighted by atomic mass is 16.6. The Morgan fingerprint density at radius 3 is 2.62 bits per heavy atom. The molecule has 1 aliphatic heterocycles. The zero-order valence-electron chi connectivity index (χ0n) is 17.7. The van der Waals surface area contributed by atoms with Crippen molar-refractivity contribution in [2.75, 3.05) is 25.1 Å². The molecule has 1 N–H and O–H groups in total. The standard InChI is InChI=1S/C23H22N2O7/c1-14-18(15(2)32-25-14)12-30-19-6-4-3-5-17(19)23(27)31-13-22(26)24-16-7-8-20-21(11-16)29-10-9-28-20/h3-8,11H,9-10,12-13H2,1-2H3,(H,24,26). The van der Waals surface area contributed by atoms with Gasteiger partial charge in [0.15, 0.2) is 18.1 Å². The van der Waals surface area contributed by atoms with E-state index in [0.29, 0.717) is 41.9 Å². The van der Waals surface area contributed by atoms with Crippen molar-refractivity contribution in [1.29, 1.82) is 0 Å². The van der Waals surface area contributed by atoms with E-state index in [9.17, 15) is 9.59 Å². The number of esters is 1. The number of fused-ring (bicyclic) bond motifs is 1. The first-order valence-corrected chi connectivity index (χ1v) is 10.0. The monoisotopic (exact) mass is 438 g/mol. The molecule has 0 aliphatic carbocycles. The smallest absolute Gasteiger partial charge is 0.342 e. The fraction of sp³-hybridized carbons (Fsp3) is 0.261. The molecule has 9 nitrogen and oxygen atoms in total. The molecule has 4 rings (SSSR count). The first-order chi connectivity index (χ1) is 15.5. The van der Waals surface area contributed by atoms with Gasteiger partial charge in [-0.1, -0.05) is 17.3 Å². The van der Waals surface area contributed by atoms with Gasteiger partial charge in [-0.05, 0) is 38.1 Å². The first-order valence-electron chi connectivity index (χ1n) is 10.0. The SMILES string of the molecule is Cc1noc(C)c1COc1ccccc1C(=O)OCC(=O)Nc1ccc2c(c1)OCCO2. The van der Waals surface area contributed by atoms with Crippen LogP contribution in [0.1, 0.15) is 27.4 Å². The average Bonchev–Trinajstić information content (AvgIpc) is 3.13. The van der Waals surface area contributed by atoms with Gasteiger partial charge in [-0.15, -0.1) is 0 Å². The number of hydrogen-bond acceptors (Lipinski definition) is 8. The fourth-order valence-electron chi connectivity index (χ4n) is 3.15. The maximum Gasteiger partial charge on any atom is 0.342 e. The molecular weight excluding hydrogens is 416 g/mol. The minimum Gasteiger partial charge on any atom is -0.488 e.